The molecule has 25 heavy (non-hydrogen) atoms. The first kappa shape index (κ1) is 19.8. The topological polar surface area (TPSA) is 49.7 Å². The van der Waals surface area contributed by atoms with Crippen molar-refractivity contribution in [3.05, 3.63) is 34.4 Å². The quantitative estimate of drug-likeness (QED) is 0.459. The Bertz CT molecular complexity index is 600. The van der Waals surface area contributed by atoms with Gasteiger partial charge in [-0.1, -0.05) is 50.7 Å². The van der Waals surface area contributed by atoms with Crippen molar-refractivity contribution in [3.8, 4) is 11.5 Å². The summed E-state index contributed by atoms with van der Waals surface area (Å²) in [6.45, 7) is 8.55. The van der Waals surface area contributed by atoms with Crippen LogP contribution in [-0.2, 0) is 6.42 Å². The van der Waals surface area contributed by atoms with E-state index in [9.17, 15) is 10.2 Å². The van der Waals surface area contributed by atoms with Crippen LogP contribution in [-0.4, -0.2) is 16.5 Å². The predicted octanol–water partition coefficient (Wildman–Crippen LogP) is 5.84. The predicted molar refractivity (Wildman–Crippen MR) is 103 cm³/mol. The van der Waals surface area contributed by atoms with Gasteiger partial charge in [-0.05, 0) is 50.8 Å². The van der Waals surface area contributed by atoms with Gasteiger partial charge in [0, 0.05) is 17.9 Å². The number of benzene rings is 1. The number of aliphatic hydroxyl groups is 1. The SMILES string of the molecule is CCCCCCCc1cc(O)c2c(c1)OC(O)CC2C(CC)=C(C)C. The Morgan fingerprint density at radius 2 is 1.84 bits per heavy atom. The van der Waals surface area contributed by atoms with Crippen molar-refractivity contribution < 1.29 is 14.9 Å². The van der Waals surface area contributed by atoms with Gasteiger partial charge < -0.3 is 14.9 Å². The van der Waals surface area contributed by atoms with Gasteiger partial charge in [0.05, 0.1) is 0 Å². The van der Waals surface area contributed by atoms with Gasteiger partial charge in [-0.2, -0.15) is 0 Å². The van der Waals surface area contributed by atoms with Crippen molar-refractivity contribution in [2.45, 2.75) is 91.3 Å². The number of aromatic hydroxyl groups is 1. The molecule has 1 aromatic rings. The zero-order chi connectivity index (χ0) is 18.4. The van der Waals surface area contributed by atoms with Gasteiger partial charge in [0.1, 0.15) is 11.5 Å². The van der Waals surface area contributed by atoms with Crippen molar-refractivity contribution >= 4 is 0 Å². The van der Waals surface area contributed by atoms with E-state index < -0.39 is 6.29 Å². The molecular formula is C22H34O3. The Hall–Kier alpha value is -1.48. The molecule has 3 heteroatoms. The third kappa shape index (κ3) is 5.01. The second-order valence-corrected chi connectivity index (χ2v) is 7.43. The fraction of sp³-hybridized carbons (Fsp3) is 0.636. The van der Waals surface area contributed by atoms with Crippen LogP contribution in [0.15, 0.2) is 23.3 Å². The Labute approximate surface area is 152 Å². The molecule has 2 rings (SSSR count). The van der Waals surface area contributed by atoms with Crippen LogP contribution in [0, 0.1) is 0 Å². The van der Waals surface area contributed by atoms with Crippen LogP contribution in [0.1, 0.15) is 89.7 Å². The Morgan fingerprint density at radius 3 is 2.48 bits per heavy atom. The molecule has 1 aliphatic heterocycles. The van der Waals surface area contributed by atoms with Gasteiger partial charge in [-0.25, -0.2) is 0 Å². The largest absolute Gasteiger partial charge is 0.507 e. The molecule has 140 valence electrons. The smallest absolute Gasteiger partial charge is 0.198 e. The van der Waals surface area contributed by atoms with Gasteiger partial charge in [-0.15, -0.1) is 0 Å². The van der Waals surface area contributed by atoms with Crippen LogP contribution in [0.5, 0.6) is 11.5 Å². The van der Waals surface area contributed by atoms with Crippen molar-refractivity contribution in [1.29, 1.82) is 0 Å². The third-order valence-electron chi connectivity index (χ3n) is 5.24. The number of ether oxygens (including phenoxy) is 1. The third-order valence-corrected chi connectivity index (χ3v) is 5.24. The first-order valence-electron chi connectivity index (χ1n) is 9.84. The summed E-state index contributed by atoms with van der Waals surface area (Å²) < 4.78 is 5.68. The fourth-order valence-electron chi connectivity index (χ4n) is 3.97. The van der Waals surface area contributed by atoms with Crippen LogP contribution in [0.25, 0.3) is 0 Å². The molecule has 2 atom stereocenters. The average Bonchev–Trinajstić information content (AvgIpc) is 2.54. The molecule has 3 nitrogen and oxygen atoms in total. The van der Waals surface area contributed by atoms with Gasteiger partial charge in [0.2, 0.25) is 0 Å². The molecular weight excluding hydrogens is 312 g/mol. The Morgan fingerprint density at radius 1 is 1.12 bits per heavy atom. The minimum absolute atomic E-state index is 0.0346. The number of phenols is 1. The summed E-state index contributed by atoms with van der Waals surface area (Å²) in [5, 5.41) is 20.9. The van der Waals surface area contributed by atoms with Crippen molar-refractivity contribution in [3.63, 3.8) is 0 Å². The normalized spacial score (nSPS) is 19.2. The monoisotopic (exact) mass is 346 g/mol. The number of aryl methyl sites for hydroxylation is 1. The van der Waals surface area contributed by atoms with Crippen LogP contribution in [0.4, 0.5) is 0 Å². The van der Waals surface area contributed by atoms with Gasteiger partial charge in [-0.3, -0.25) is 0 Å². The number of hydrogen-bond donors (Lipinski definition) is 2. The van der Waals surface area contributed by atoms with E-state index in [1.807, 2.05) is 12.1 Å². The summed E-state index contributed by atoms with van der Waals surface area (Å²) in [6, 6.07) is 3.91. The number of phenolic OH excluding ortho intramolecular Hbond substituents is 1. The van der Waals surface area contributed by atoms with Crippen LogP contribution < -0.4 is 4.74 Å². The molecule has 2 unspecified atom stereocenters. The molecule has 0 saturated carbocycles. The van der Waals surface area contributed by atoms with E-state index in [0.29, 0.717) is 17.9 Å². The van der Waals surface area contributed by atoms with Crippen molar-refractivity contribution in [2.75, 3.05) is 0 Å². The summed E-state index contributed by atoms with van der Waals surface area (Å²) in [6.07, 6.45) is 7.70. The maximum absolute atomic E-state index is 10.7. The van der Waals surface area contributed by atoms with Gasteiger partial charge in [0.25, 0.3) is 0 Å². The summed E-state index contributed by atoms with van der Waals surface area (Å²) in [4.78, 5) is 0. The highest BCUT2D eigenvalue weighted by Crippen LogP contribution is 2.47. The van der Waals surface area contributed by atoms with Gasteiger partial charge in [0.15, 0.2) is 6.29 Å². The lowest BCUT2D eigenvalue weighted by Crippen LogP contribution is -2.26. The summed E-state index contributed by atoms with van der Waals surface area (Å²) in [5.41, 5.74) is 4.48. The molecule has 0 fully saturated rings. The van der Waals surface area contributed by atoms with E-state index in [2.05, 4.69) is 27.7 Å². The van der Waals surface area contributed by atoms with E-state index in [0.717, 1.165) is 30.4 Å². The molecule has 1 heterocycles. The maximum Gasteiger partial charge on any atom is 0.198 e. The van der Waals surface area contributed by atoms with Crippen LogP contribution >= 0.6 is 0 Å². The standard InChI is InChI=1S/C22H34O3/c1-5-7-8-9-10-11-16-12-19(23)22-18(17(6-2)15(3)4)14-21(24)25-20(22)13-16/h12-13,18,21,23-24H,5-11,14H2,1-4H3. The van der Waals surface area contributed by atoms with Crippen molar-refractivity contribution in [2.24, 2.45) is 0 Å². The Kier molecular flexibility index (Phi) is 7.37. The van der Waals surface area contributed by atoms with E-state index in [1.165, 1.54) is 36.8 Å². The van der Waals surface area contributed by atoms with Crippen LogP contribution in [0.3, 0.4) is 0 Å². The highest BCUT2D eigenvalue weighted by molar-refractivity contribution is 5.53. The number of hydrogen-bond acceptors (Lipinski definition) is 3. The highest BCUT2D eigenvalue weighted by atomic mass is 16.6. The summed E-state index contributed by atoms with van der Waals surface area (Å²) in [5.74, 6) is 0.997. The summed E-state index contributed by atoms with van der Waals surface area (Å²) >= 11 is 0. The number of unbranched alkanes of at least 4 members (excludes halogenated alkanes) is 4. The molecule has 1 aromatic carbocycles. The molecule has 0 aliphatic carbocycles. The van der Waals surface area contributed by atoms with E-state index in [4.69, 9.17) is 4.74 Å². The molecule has 0 amide bonds. The zero-order valence-corrected chi connectivity index (χ0v) is 16.3. The van der Waals surface area contributed by atoms with Gasteiger partial charge >= 0.3 is 0 Å². The maximum atomic E-state index is 10.7. The molecule has 0 aromatic heterocycles. The molecule has 0 radical (unpaired) electrons. The van der Waals surface area contributed by atoms with E-state index in [-0.39, 0.29) is 5.92 Å². The van der Waals surface area contributed by atoms with Crippen molar-refractivity contribution in [1.82, 2.24) is 0 Å². The number of aliphatic hydroxyl groups excluding tert-OH is 1. The first-order valence-corrected chi connectivity index (χ1v) is 9.84. The highest BCUT2D eigenvalue weighted by Gasteiger charge is 2.32. The molecule has 0 saturated heterocycles. The Balaban J connectivity index is 2.23. The molecule has 0 spiro atoms. The lowest BCUT2D eigenvalue weighted by atomic mass is 9.81. The first-order chi connectivity index (χ1) is 12.0. The lowest BCUT2D eigenvalue weighted by molar-refractivity contribution is -0.0368. The average molecular weight is 347 g/mol. The fourth-order valence-corrected chi connectivity index (χ4v) is 3.97. The zero-order valence-electron chi connectivity index (χ0n) is 16.3. The number of fused-ring (bicyclic) bond motifs is 1. The van der Waals surface area contributed by atoms with E-state index >= 15 is 0 Å². The lowest BCUT2D eigenvalue weighted by Gasteiger charge is -2.32. The summed E-state index contributed by atoms with van der Waals surface area (Å²) in [7, 11) is 0. The van der Waals surface area contributed by atoms with Crippen LogP contribution in [0.2, 0.25) is 0 Å². The minimum atomic E-state index is -0.808. The minimum Gasteiger partial charge on any atom is -0.507 e. The van der Waals surface area contributed by atoms with E-state index in [1.54, 1.807) is 0 Å². The number of rotatable bonds is 8. The molecule has 2 N–H and O–H groups in total. The molecule has 1 aliphatic rings. The second kappa shape index (κ2) is 9.28. The second-order valence-electron chi connectivity index (χ2n) is 7.43. The number of allylic oxidation sites excluding steroid dienone is 2. The molecule has 0 bridgehead atoms.